The molecule has 21 heavy (non-hydrogen) atoms. The molecule has 8 heteroatoms. The van der Waals surface area contributed by atoms with Crippen LogP contribution in [0.2, 0.25) is 0 Å². The molecule has 0 saturated heterocycles. The zero-order valence-electron chi connectivity index (χ0n) is 12.0. The van der Waals surface area contributed by atoms with E-state index in [9.17, 15) is 0 Å². The summed E-state index contributed by atoms with van der Waals surface area (Å²) >= 11 is 3.48. The second-order valence-electron chi connectivity index (χ2n) is 4.68. The predicted octanol–water partition coefficient (Wildman–Crippen LogP) is 2.76. The average Bonchev–Trinajstić information content (AvgIpc) is 2.42. The van der Waals surface area contributed by atoms with Crippen molar-refractivity contribution in [2.24, 2.45) is 5.84 Å². The van der Waals surface area contributed by atoms with Crippen molar-refractivity contribution < 1.29 is 4.74 Å². The van der Waals surface area contributed by atoms with E-state index < -0.39 is 0 Å². The Morgan fingerprint density at radius 2 is 1.90 bits per heavy atom. The van der Waals surface area contributed by atoms with Gasteiger partial charge in [-0.15, -0.1) is 0 Å². The normalized spacial score (nSPS) is 10.6. The maximum Gasteiger partial charge on any atom is 0.323 e. The van der Waals surface area contributed by atoms with E-state index in [2.05, 4.69) is 41.6 Å². The van der Waals surface area contributed by atoms with Gasteiger partial charge in [-0.2, -0.15) is 15.0 Å². The first-order chi connectivity index (χ1) is 9.97. The molecule has 0 atom stereocenters. The first kappa shape index (κ1) is 15.5. The minimum absolute atomic E-state index is 0.0448. The van der Waals surface area contributed by atoms with Crippen molar-refractivity contribution in [3.05, 3.63) is 28.2 Å². The lowest BCUT2D eigenvalue weighted by atomic mass is 10.2. The highest BCUT2D eigenvalue weighted by Crippen LogP contribution is 2.26. The summed E-state index contributed by atoms with van der Waals surface area (Å²) in [5, 5.41) is 3.12. The lowest BCUT2D eigenvalue weighted by Crippen LogP contribution is -2.15. The van der Waals surface area contributed by atoms with E-state index in [-0.39, 0.29) is 18.1 Å². The van der Waals surface area contributed by atoms with Crippen LogP contribution in [0.3, 0.4) is 0 Å². The maximum atomic E-state index is 5.48. The quantitative estimate of drug-likeness (QED) is 0.562. The molecule has 2 rings (SSSR count). The summed E-state index contributed by atoms with van der Waals surface area (Å²) in [5.74, 6) is 5.95. The molecule has 0 radical (unpaired) electrons. The number of ether oxygens (including phenoxy) is 1. The van der Waals surface area contributed by atoms with Gasteiger partial charge in [-0.3, -0.25) is 5.43 Å². The highest BCUT2D eigenvalue weighted by Gasteiger charge is 2.10. The number of benzene rings is 1. The number of aryl methyl sites for hydroxylation is 1. The summed E-state index contributed by atoms with van der Waals surface area (Å²) in [6, 6.07) is 6.14. The molecule has 1 aromatic carbocycles. The number of hydrazine groups is 1. The van der Waals surface area contributed by atoms with Crippen LogP contribution in [0.15, 0.2) is 22.7 Å². The number of nitrogens with two attached hydrogens (primary N) is 1. The van der Waals surface area contributed by atoms with Gasteiger partial charge in [0.25, 0.3) is 0 Å². The SMILES string of the molecule is Cc1ccc(Br)c(Nc2nc(NN)nc(OC(C)C)n2)c1. The molecule has 0 aliphatic carbocycles. The highest BCUT2D eigenvalue weighted by molar-refractivity contribution is 9.10. The summed E-state index contributed by atoms with van der Waals surface area (Å²) in [4.78, 5) is 12.4. The first-order valence-electron chi connectivity index (χ1n) is 6.40. The highest BCUT2D eigenvalue weighted by atomic mass is 79.9. The third-order valence-electron chi connectivity index (χ3n) is 2.45. The minimum atomic E-state index is -0.0448. The number of rotatable bonds is 5. The Balaban J connectivity index is 2.32. The number of aromatic nitrogens is 3. The molecule has 112 valence electrons. The molecular weight excluding hydrogens is 336 g/mol. The van der Waals surface area contributed by atoms with E-state index in [1.807, 2.05) is 39.0 Å². The maximum absolute atomic E-state index is 5.48. The van der Waals surface area contributed by atoms with Gasteiger partial charge >= 0.3 is 6.01 Å². The van der Waals surface area contributed by atoms with Gasteiger partial charge in [0, 0.05) is 4.47 Å². The standard InChI is InChI=1S/C13H17BrN6O/c1-7(2)21-13-18-11(17-12(19-13)20-15)16-10-6-8(3)4-5-9(10)14/h4-7H,15H2,1-3H3,(H2,16,17,18,19,20). The van der Waals surface area contributed by atoms with E-state index in [1.165, 1.54) is 0 Å². The second kappa shape index (κ2) is 6.68. The van der Waals surface area contributed by atoms with Crippen molar-refractivity contribution >= 4 is 33.5 Å². The molecule has 7 nitrogen and oxygen atoms in total. The number of hydrogen-bond acceptors (Lipinski definition) is 7. The molecule has 0 aliphatic rings. The van der Waals surface area contributed by atoms with E-state index in [1.54, 1.807) is 0 Å². The topological polar surface area (TPSA) is 98.0 Å². The Morgan fingerprint density at radius 3 is 2.57 bits per heavy atom. The molecule has 0 amide bonds. The van der Waals surface area contributed by atoms with Crippen LogP contribution in [-0.2, 0) is 0 Å². The summed E-state index contributed by atoms with van der Waals surface area (Å²) < 4.78 is 6.38. The summed E-state index contributed by atoms with van der Waals surface area (Å²) in [7, 11) is 0. The fourth-order valence-corrected chi connectivity index (χ4v) is 1.94. The molecule has 1 aromatic heterocycles. The zero-order chi connectivity index (χ0) is 15.4. The Morgan fingerprint density at radius 1 is 1.19 bits per heavy atom. The number of nitrogen functional groups attached to an aromatic ring is 1. The van der Waals surface area contributed by atoms with Crippen molar-refractivity contribution in [3.63, 3.8) is 0 Å². The fourth-order valence-electron chi connectivity index (χ4n) is 1.60. The van der Waals surface area contributed by atoms with Crippen molar-refractivity contribution in [2.75, 3.05) is 10.7 Å². The van der Waals surface area contributed by atoms with Crippen LogP contribution < -0.4 is 21.3 Å². The van der Waals surface area contributed by atoms with Gasteiger partial charge < -0.3 is 10.1 Å². The largest absolute Gasteiger partial charge is 0.461 e. The van der Waals surface area contributed by atoms with Gasteiger partial charge in [-0.25, -0.2) is 5.84 Å². The van der Waals surface area contributed by atoms with Gasteiger partial charge in [0.05, 0.1) is 11.8 Å². The van der Waals surface area contributed by atoms with E-state index in [0.717, 1.165) is 15.7 Å². The van der Waals surface area contributed by atoms with Gasteiger partial charge in [-0.1, -0.05) is 6.07 Å². The molecule has 4 N–H and O–H groups in total. The van der Waals surface area contributed by atoms with Crippen LogP contribution >= 0.6 is 15.9 Å². The Labute approximate surface area is 131 Å². The van der Waals surface area contributed by atoms with Crippen molar-refractivity contribution in [2.45, 2.75) is 26.9 Å². The van der Waals surface area contributed by atoms with Gasteiger partial charge in [0.2, 0.25) is 11.9 Å². The third-order valence-corrected chi connectivity index (χ3v) is 3.14. The number of hydrogen-bond donors (Lipinski definition) is 3. The number of nitrogens with one attached hydrogen (secondary N) is 2. The van der Waals surface area contributed by atoms with Crippen molar-refractivity contribution in [1.29, 1.82) is 0 Å². The Bertz CT molecular complexity index is 634. The van der Waals surface area contributed by atoms with Crippen LogP contribution in [-0.4, -0.2) is 21.1 Å². The molecule has 0 fully saturated rings. The second-order valence-corrected chi connectivity index (χ2v) is 5.54. The van der Waals surface area contributed by atoms with Crippen LogP contribution in [0.25, 0.3) is 0 Å². The fraction of sp³-hybridized carbons (Fsp3) is 0.308. The van der Waals surface area contributed by atoms with Crippen LogP contribution in [0.5, 0.6) is 6.01 Å². The van der Waals surface area contributed by atoms with E-state index in [0.29, 0.717) is 5.95 Å². The summed E-state index contributed by atoms with van der Waals surface area (Å²) in [5.41, 5.74) is 4.36. The van der Waals surface area contributed by atoms with Gasteiger partial charge in [0.1, 0.15) is 0 Å². The third kappa shape index (κ3) is 4.27. The van der Waals surface area contributed by atoms with Crippen LogP contribution in [0.1, 0.15) is 19.4 Å². The lowest BCUT2D eigenvalue weighted by molar-refractivity contribution is 0.222. The van der Waals surface area contributed by atoms with Crippen LogP contribution in [0.4, 0.5) is 17.6 Å². The molecular formula is C13H17BrN6O. The van der Waals surface area contributed by atoms with Gasteiger partial charge in [0.15, 0.2) is 0 Å². The molecule has 0 aliphatic heterocycles. The summed E-state index contributed by atoms with van der Waals surface area (Å²) in [6.07, 6.45) is -0.0448. The van der Waals surface area contributed by atoms with Crippen molar-refractivity contribution in [3.8, 4) is 6.01 Å². The lowest BCUT2D eigenvalue weighted by Gasteiger charge is -2.12. The van der Waals surface area contributed by atoms with Gasteiger partial charge in [-0.05, 0) is 54.4 Å². The monoisotopic (exact) mass is 352 g/mol. The average molecular weight is 353 g/mol. The molecule has 0 bridgehead atoms. The predicted molar refractivity (Wildman–Crippen MR) is 85.6 cm³/mol. The summed E-state index contributed by atoms with van der Waals surface area (Å²) in [6.45, 7) is 5.79. The number of halogens is 1. The Hall–Kier alpha value is -1.93. The smallest absolute Gasteiger partial charge is 0.323 e. The number of nitrogens with zero attached hydrogens (tertiary/aromatic N) is 3. The molecule has 0 unspecified atom stereocenters. The number of anilines is 3. The minimum Gasteiger partial charge on any atom is -0.461 e. The van der Waals surface area contributed by atoms with E-state index in [4.69, 9.17) is 10.6 Å². The van der Waals surface area contributed by atoms with Crippen LogP contribution in [0, 0.1) is 6.92 Å². The Kier molecular flexibility index (Phi) is 4.92. The molecule has 1 heterocycles. The first-order valence-corrected chi connectivity index (χ1v) is 7.19. The molecule has 0 spiro atoms. The molecule has 2 aromatic rings. The van der Waals surface area contributed by atoms with E-state index >= 15 is 0 Å². The molecule has 0 saturated carbocycles. The zero-order valence-corrected chi connectivity index (χ0v) is 13.6. The van der Waals surface area contributed by atoms with Crippen molar-refractivity contribution in [1.82, 2.24) is 15.0 Å².